The van der Waals surface area contributed by atoms with Crippen molar-refractivity contribution in [1.82, 2.24) is 4.90 Å². The lowest BCUT2D eigenvalue weighted by atomic mass is 9.86. The van der Waals surface area contributed by atoms with Gasteiger partial charge in [0.15, 0.2) is 0 Å². The van der Waals surface area contributed by atoms with Crippen molar-refractivity contribution < 1.29 is 29.3 Å². The first-order valence-electron chi connectivity index (χ1n) is 9.95. The number of hydrogen-bond acceptors (Lipinski definition) is 5. The molecule has 1 fully saturated rings. The molecule has 0 saturated carbocycles. The van der Waals surface area contributed by atoms with E-state index in [2.05, 4.69) is 36.9 Å². The molecule has 1 spiro atoms. The first-order valence-corrected chi connectivity index (χ1v) is 9.95. The van der Waals surface area contributed by atoms with Crippen LogP contribution in [0.25, 0.3) is 0 Å². The van der Waals surface area contributed by atoms with Crippen LogP contribution in [0, 0.1) is 0 Å². The molecular weight excluding hydrogens is 362 g/mol. The van der Waals surface area contributed by atoms with Crippen molar-refractivity contribution in [2.75, 3.05) is 19.6 Å². The zero-order chi connectivity index (χ0) is 20.6. The minimum atomic E-state index is -1.82. The molecule has 7 nitrogen and oxygen atoms in total. The first-order chi connectivity index (χ1) is 13.4. The third-order valence-electron chi connectivity index (χ3n) is 5.50. The lowest BCUT2D eigenvalue weighted by molar-refractivity contribution is -0.159. The molecule has 1 unspecified atom stereocenters. The van der Waals surface area contributed by atoms with Crippen LogP contribution in [-0.2, 0) is 20.9 Å². The summed E-state index contributed by atoms with van der Waals surface area (Å²) in [4.78, 5) is 20.8. The van der Waals surface area contributed by atoms with Crippen molar-refractivity contribution >= 4 is 11.9 Å². The number of likely N-dealkylation sites (tertiary alicyclic amines) is 1. The molecule has 28 heavy (non-hydrogen) atoms. The van der Waals surface area contributed by atoms with Crippen molar-refractivity contribution in [2.45, 2.75) is 64.3 Å². The first kappa shape index (κ1) is 22.2. The number of benzene rings is 1. The Balaban J connectivity index is 0.000000409. The highest BCUT2D eigenvalue weighted by atomic mass is 16.6. The van der Waals surface area contributed by atoms with E-state index in [1.165, 1.54) is 31.4 Å². The second-order valence-electron chi connectivity index (χ2n) is 7.38. The number of para-hydroxylation sites is 1. The van der Waals surface area contributed by atoms with E-state index in [-0.39, 0.29) is 11.7 Å². The highest BCUT2D eigenvalue weighted by Crippen LogP contribution is 2.37. The third-order valence-corrected chi connectivity index (χ3v) is 5.50. The van der Waals surface area contributed by atoms with Crippen molar-refractivity contribution in [2.24, 2.45) is 0 Å². The van der Waals surface area contributed by atoms with Crippen LogP contribution in [0.4, 0.5) is 0 Å². The Bertz CT molecular complexity index is 642. The van der Waals surface area contributed by atoms with Crippen LogP contribution in [0.5, 0.6) is 5.75 Å². The molecule has 1 saturated heterocycles. The van der Waals surface area contributed by atoms with Crippen LogP contribution in [0.2, 0.25) is 0 Å². The van der Waals surface area contributed by atoms with Crippen LogP contribution in [0.1, 0.15) is 51.5 Å². The van der Waals surface area contributed by atoms with E-state index in [9.17, 15) is 0 Å². The third kappa shape index (κ3) is 5.94. The number of carbonyl (C=O) groups is 2. The summed E-state index contributed by atoms with van der Waals surface area (Å²) in [5, 5.41) is 14.8. The number of rotatable bonds is 4. The molecule has 1 atom stereocenters. The second-order valence-corrected chi connectivity index (χ2v) is 7.38. The SMILES string of the molecule is CCCCCN1CCC2(CC1)OCc1ccccc1OC2C.O=C(O)C(=O)O. The molecule has 1 aromatic carbocycles. The molecule has 2 N–H and O–H groups in total. The molecule has 2 aliphatic heterocycles. The Kier molecular flexibility index (Phi) is 8.26. The van der Waals surface area contributed by atoms with Gasteiger partial charge in [0, 0.05) is 18.7 Å². The summed E-state index contributed by atoms with van der Waals surface area (Å²) >= 11 is 0. The second kappa shape index (κ2) is 10.4. The van der Waals surface area contributed by atoms with Gasteiger partial charge in [0.1, 0.15) is 17.5 Å². The molecule has 1 aromatic rings. The minimum Gasteiger partial charge on any atom is -0.487 e. The number of ether oxygens (including phenoxy) is 2. The topological polar surface area (TPSA) is 96.3 Å². The van der Waals surface area contributed by atoms with Gasteiger partial charge in [-0.3, -0.25) is 0 Å². The maximum atomic E-state index is 9.10. The highest BCUT2D eigenvalue weighted by Gasteiger charge is 2.43. The average molecular weight is 393 g/mol. The van der Waals surface area contributed by atoms with Gasteiger partial charge in [-0.15, -0.1) is 0 Å². The maximum absolute atomic E-state index is 9.10. The van der Waals surface area contributed by atoms with Crippen LogP contribution in [0.15, 0.2) is 24.3 Å². The van der Waals surface area contributed by atoms with Gasteiger partial charge in [-0.2, -0.15) is 0 Å². The zero-order valence-corrected chi connectivity index (χ0v) is 16.7. The Morgan fingerprint density at radius 2 is 1.79 bits per heavy atom. The number of carboxylic acids is 2. The number of hydrogen-bond donors (Lipinski definition) is 2. The number of aliphatic carboxylic acids is 2. The van der Waals surface area contributed by atoms with Crippen LogP contribution in [0.3, 0.4) is 0 Å². The maximum Gasteiger partial charge on any atom is 0.414 e. The van der Waals surface area contributed by atoms with Crippen molar-refractivity contribution in [1.29, 1.82) is 0 Å². The zero-order valence-electron chi connectivity index (χ0n) is 16.7. The van der Waals surface area contributed by atoms with E-state index in [4.69, 9.17) is 29.3 Å². The Hall–Kier alpha value is -2.12. The summed E-state index contributed by atoms with van der Waals surface area (Å²) in [7, 11) is 0. The smallest absolute Gasteiger partial charge is 0.414 e. The predicted molar refractivity (Wildman–Crippen MR) is 105 cm³/mol. The van der Waals surface area contributed by atoms with Gasteiger partial charge in [0.25, 0.3) is 0 Å². The van der Waals surface area contributed by atoms with Crippen molar-refractivity contribution in [3.05, 3.63) is 29.8 Å². The molecule has 2 aliphatic rings. The van der Waals surface area contributed by atoms with Crippen LogP contribution < -0.4 is 4.74 Å². The minimum absolute atomic E-state index is 0.111. The molecule has 0 bridgehead atoms. The lowest BCUT2D eigenvalue weighted by Gasteiger charge is -2.43. The van der Waals surface area contributed by atoms with E-state index in [0.29, 0.717) is 6.61 Å². The summed E-state index contributed by atoms with van der Waals surface area (Å²) in [6, 6.07) is 8.28. The van der Waals surface area contributed by atoms with Crippen molar-refractivity contribution in [3.63, 3.8) is 0 Å². The van der Waals surface area contributed by atoms with E-state index >= 15 is 0 Å². The van der Waals surface area contributed by atoms with Gasteiger partial charge in [-0.05, 0) is 38.8 Å². The predicted octanol–water partition coefficient (Wildman–Crippen LogP) is 3.16. The Labute approximate surface area is 166 Å². The van der Waals surface area contributed by atoms with Crippen LogP contribution >= 0.6 is 0 Å². The number of nitrogens with zero attached hydrogens (tertiary/aromatic N) is 1. The molecule has 156 valence electrons. The molecule has 3 rings (SSSR count). The molecule has 0 amide bonds. The summed E-state index contributed by atoms with van der Waals surface area (Å²) < 4.78 is 12.6. The number of unbranched alkanes of at least 4 members (excludes halogenated alkanes) is 2. The van der Waals surface area contributed by atoms with Gasteiger partial charge < -0.3 is 24.6 Å². The van der Waals surface area contributed by atoms with Gasteiger partial charge in [0.2, 0.25) is 0 Å². The fourth-order valence-electron chi connectivity index (χ4n) is 3.67. The van der Waals surface area contributed by atoms with E-state index in [1.807, 2.05) is 6.07 Å². The Morgan fingerprint density at radius 3 is 2.39 bits per heavy atom. The number of fused-ring (bicyclic) bond motifs is 1. The monoisotopic (exact) mass is 393 g/mol. The summed E-state index contributed by atoms with van der Waals surface area (Å²) in [5.41, 5.74) is 1.07. The van der Waals surface area contributed by atoms with Gasteiger partial charge >= 0.3 is 11.9 Å². The molecule has 0 radical (unpaired) electrons. The molecule has 0 aromatic heterocycles. The number of carboxylic acid groups (broad SMARTS) is 2. The van der Waals surface area contributed by atoms with Gasteiger partial charge in [0.05, 0.1) is 6.61 Å². The normalized spacial score (nSPS) is 20.9. The fraction of sp³-hybridized carbons (Fsp3) is 0.619. The number of piperidine rings is 1. The van der Waals surface area contributed by atoms with Gasteiger partial charge in [-0.1, -0.05) is 38.0 Å². The lowest BCUT2D eigenvalue weighted by Crippen LogP contribution is -2.53. The molecular formula is C21H31NO6. The van der Waals surface area contributed by atoms with Gasteiger partial charge in [-0.25, -0.2) is 9.59 Å². The van der Waals surface area contributed by atoms with E-state index in [0.717, 1.165) is 31.7 Å². The standard InChI is InChI=1S/C19H29NO2.C2H2O4/c1-3-4-7-12-20-13-10-19(11-14-20)16(2)22-18-9-6-5-8-17(18)15-21-19;3-1(4)2(5)6/h5-6,8-9,16H,3-4,7,10-15H2,1-2H3;(H,3,4)(H,5,6). The van der Waals surface area contributed by atoms with Crippen molar-refractivity contribution in [3.8, 4) is 5.75 Å². The summed E-state index contributed by atoms with van der Waals surface area (Å²) in [6.07, 6.45) is 6.23. The molecule has 7 heteroatoms. The van der Waals surface area contributed by atoms with Crippen LogP contribution in [-0.4, -0.2) is 58.4 Å². The molecule has 0 aliphatic carbocycles. The van der Waals surface area contributed by atoms with E-state index in [1.54, 1.807) is 0 Å². The quantitative estimate of drug-likeness (QED) is 0.599. The summed E-state index contributed by atoms with van der Waals surface area (Å²) in [5.74, 6) is -2.65. The summed E-state index contributed by atoms with van der Waals surface area (Å²) in [6.45, 7) is 8.62. The highest BCUT2D eigenvalue weighted by molar-refractivity contribution is 6.27. The average Bonchev–Trinajstić information content (AvgIpc) is 2.81. The largest absolute Gasteiger partial charge is 0.487 e. The molecule has 2 heterocycles. The fourth-order valence-corrected chi connectivity index (χ4v) is 3.67. The van der Waals surface area contributed by atoms with E-state index < -0.39 is 11.9 Å². The Morgan fingerprint density at radius 1 is 1.14 bits per heavy atom.